The van der Waals surface area contributed by atoms with Crippen LogP contribution in [0.5, 0.6) is 0 Å². The predicted octanol–water partition coefficient (Wildman–Crippen LogP) is 2.13. The van der Waals surface area contributed by atoms with E-state index in [1.54, 1.807) is 9.58 Å². The second kappa shape index (κ2) is 5.77. The van der Waals surface area contributed by atoms with E-state index in [2.05, 4.69) is 23.9 Å². The molecule has 2 aromatic rings. The number of fused-ring (bicyclic) bond motifs is 1. The molecular weight excluding hydrogens is 316 g/mol. The average Bonchev–Trinajstić information content (AvgIpc) is 3.09. The smallest absolute Gasteiger partial charge is 0.356 e. The third-order valence-corrected chi connectivity index (χ3v) is 5.25. The lowest BCUT2D eigenvalue weighted by Crippen LogP contribution is -2.38. The Labute approximate surface area is 137 Å². The van der Waals surface area contributed by atoms with E-state index < -0.39 is 5.97 Å². The van der Waals surface area contributed by atoms with Crippen molar-refractivity contribution in [2.45, 2.75) is 39.8 Å². The molecule has 0 atom stereocenters. The van der Waals surface area contributed by atoms with Crippen molar-refractivity contribution in [3.63, 3.8) is 0 Å². The van der Waals surface area contributed by atoms with Gasteiger partial charge in [0.25, 0.3) is 5.91 Å². The molecule has 0 saturated heterocycles. The molecule has 0 aliphatic carbocycles. The molecule has 1 aliphatic heterocycles. The first-order chi connectivity index (χ1) is 10.9. The van der Waals surface area contributed by atoms with Crippen LogP contribution in [0.2, 0.25) is 0 Å². The molecule has 0 unspecified atom stereocenters. The number of carbonyl (C=O) groups excluding carboxylic acids is 1. The molecule has 0 fully saturated rings. The predicted molar refractivity (Wildman–Crippen MR) is 84.9 cm³/mol. The maximum Gasteiger partial charge on any atom is 0.356 e. The first-order valence-corrected chi connectivity index (χ1v) is 8.25. The van der Waals surface area contributed by atoms with Gasteiger partial charge in [-0.3, -0.25) is 9.48 Å². The number of aryl methyl sites for hydroxylation is 1. The van der Waals surface area contributed by atoms with Gasteiger partial charge in [0.05, 0.1) is 29.5 Å². The van der Waals surface area contributed by atoms with Gasteiger partial charge in [0.1, 0.15) is 4.88 Å². The Bertz CT molecular complexity index is 778. The second-order valence-electron chi connectivity index (χ2n) is 5.90. The van der Waals surface area contributed by atoms with Crippen molar-refractivity contribution in [1.29, 1.82) is 0 Å². The number of nitrogens with zero attached hydrogens (tertiary/aromatic N) is 4. The van der Waals surface area contributed by atoms with E-state index in [1.807, 2.05) is 6.92 Å². The van der Waals surface area contributed by atoms with Crippen LogP contribution in [0.15, 0.2) is 6.07 Å². The summed E-state index contributed by atoms with van der Waals surface area (Å²) >= 11 is 1.44. The van der Waals surface area contributed by atoms with Crippen LogP contribution < -0.4 is 0 Å². The van der Waals surface area contributed by atoms with Gasteiger partial charge in [-0.2, -0.15) is 5.10 Å². The van der Waals surface area contributed by atoms with Crippen LogP contribution in [0.1, 0.15) is 56.3 Å². The fraction of sp³-hybridized carbons (Fsp3) is 0.467. The van der Waals surface area contributed by atoms with Gasteiger partial charge >= 0.3 is 5.97 Å². The molecule has 23 heavy (non-hydrogen) atoms. The molecule has 122 valence electrons. The van der Waals surface area contributed by atoms with E-state index in [-0.39, 0.29) is 11.6 Å². The Morgan fingerprint density at radius 3 is 2.70 bits per heavy atom. The molecular formula is C15H18N4O3S. The largest absolute Gasteiger partial charge is 0.476 e. The molecule has 1 amide bonds. The Morgan fingerprint density at radius 1 is 1.35 bits per heavy atom. The molecule has 0 saturated carbocycles. The van der Waals surface area contributed by atoms with Crippen molar-refractivity contribution >= 4 is 23.2 Å². The van der Waals surface area contributed by atoms with E-state index in [0.717, 1.165) is 16.4 Å². The van der Waals surface area contributed by atoms with Crippen LogP contribution in [0.25, 0.3) is 0 Å². The number of rotatable bonds is 3. The molecule has 0 bridgehead atoms. The van der Waals surface area contributed by atoms with Crippen LogP contribution in [0, 0.1) is 6.92 Å². The number of carbonyl (C=O) groups is 2. The number of amides is 1. The van der Waals surface area contributed by atoms with E-state index in [4.69, 9.17) is 5.11 Å². The Hall–Kier alpha value is -2.22. The lowest BCUT2D eigenvalue weighted by Gasteiger charge is -2.27. The van der Waals surface area contributed by atoms with Gasteiger partial charge in [0.15, 0.2) is 5.69 Å². The highest BCUT2D eigenvalue weighted by Gasteiger charge is 2.27. The molecule has 0 aromatic carbocycles. The first kappa shape index (κ1) is 15.7. The highest BCUT2D eigenvalue weighted by Crippen LogP contribution is 2.27. The molecule has 3 rings (SSSR count). The van der Waals surface area contributed by atoms with Crippen molar-refractivity contribution < 1.29 is 14.7 Å². The zero-order chi connectivity index (χ0) is 16.7. The summed E-state index contributed by atoms with van der Waals surface area (Å²) in [7, 11) is 0. The van der Waals surface area contributed by atoms with E-state index >= 15 is 0 Å². The highest BCUT2D eigenvalue weighted by molar-refractivity contribution is 7.13. The Kier molecular flexibility index (Phi) is 3.93. The number of carboxylic acid groups (broad SMARTS) is 1. The first-order valence-electron chi connectivity index (χ1n) is 7.43. The van der Waals surface area contributed by atoms with Gasteiger partial charge in [-0.25, -0.2) is 9.78 Å². The molecule has 0 radical (unpaired) electrons. The minimum absolute atomic E-state index is 0.0189. The Morgan fingerprint density at radius 2 is 2.09 bits per heavy atom. The van der Waals surface area contributed by atoms with Gasteiger partial charge in [-0.05, 0) is 13.0 Å². The number of thiazole rings is 1. The van der Waals surface area contributed by atoms with Crippen LogP contribution >= 0.6 is 11.3 Å². The topological polar surface area (TPSA) is 88.3 Å². The standard InChI is InChI=1S/C15H18N4O3S/c1-8(2)13-16-9(3)12(23-13)14(20)18-4-5-19-10(7-18)6-11(17-19)15(21)22/h6,8H,4-5,7H2,1-3H3,(H,21,22). The SMILES string of the molecule is Cc1nc(C(C)C)sc1C(=O)N1CCn2nc(C(=O)O)cc2C1. The molecule has 1 aliphatic rings. The molecule has 8 heteroatoms. The summed E-state index contributed by atoms with van der Waals surface area (Å²) in [5.74, 6) is -0.804. The number of hydrogen-bond donors (Lipinski definition) is 1. The maximum atomic E-state index is 12.8. The highest BCUT2D eigenvalue weighted by atomic mass is 32.1. The maximum absolute atomic E-state index is 12.8. The quantitative estimate of drug-likeness (QED) is 0.929. The van der Waals surface area contributed by atoms with Crippen LogP contribution in [-0.4, -0.2) is 43.2 Å². The minimum Gasteiger partial charge on any atom is -0.476 e. The van der Waals surface area contributed by atoms with Crippen LogP contribution in [-0.2, 0) is 13.1 Å². The van der Waals surface area contributed by atoms with Crippen molar-refractivity contribution in [1.82, 2.24) is 19.7 Å². The van der Waals surface area contributed by atoms with Crippen molar-refractivity contribution in [2.24, 2.45) is 0 Å². The lowest BCUT2D eigenvalue weighted by atomic mass is 10.2. The zero-order valence-electron chi connectivity index (χ0n) is 13.2. The van der Waals surface area contributed by atoms with Gasteiger partial charge in [0.2, 0.25) is 0 Å². The normalized spacial score (nSPS) is 14.2. The summed E-state index contributed by atoms with van der Waals surface area (Å²) in [5, 5.41) is 14.0. The van der Waals surface area contributed by atoms with Gasteiger partial charge in [-0.1, -0.05) is 13.8 Å². The number of aromatic nitrogens is 3. The summed E-state index contributed by atoms with van der Waals surface area (Å²) < 4.78 is 1.66. The van der Waals surface area contributed by atoms with Gasteiger partial charge < -0.3 is 10.0 Å². The Balaban J connectivity index is 1.83. The number of aromatic carboxylic acids is 1. The zero-order valence-corrected chi connectivity index (χ0v) is 14.1. The molecule has 2 aromatic heterocycles. The molecule has 7 nitrogen and oxygen atoms in total. The van der Waals surface area contributed by atoms with Crippen molar-refractivity contribution in [2.75, 3.05) is 6.54 Å². The van der Waals surface area contributed by atoms with E-state index in [1.165, 1.54) is 17.4 Å². The van der Waals surface area contributed by atoms with E-state index in [9.17, 15) is 9.59 Å². The summed E-state index contributed by atoms with van der Waals surface area (Å²) in [6.07, 6.45) is 0. The second-order valence-corrected chi connectivity index (χ2v) is 6.93. The van der Waals surface area contributed by atoms with Crippen molar-refractivity contribution in [3.05, 3.63) is 33.0 Å². The van der Waals surface area contributed by atoms with Crippen molar-refractivity contribution in [3.8, 4) is 0 Å². The summed E-state index contributed by atoms with van der Waals surface area (Å²) in [6.45, 7) is 7.35. The number of carboxylic acids is 1. The average molecular weight is 334 g/mol. The van der Waals surface area contributed by atoms with Gasteiger partial charge in [-0.15, -0.1) is 11.3 Å². The monoisotopic (exact) mass is 334 g/mol. The minimum atomic E-state index is -1.05. The van der Waals surface area contributed by atoms with Crippen LogP contribution in [0.4, 0.5) is 0 Å². The molecule has 3 heterocycles. The fourth-order valence-electron chi connectivity index (χ4n) is 2.55. The van der Waals surface area contributed by atoms with Gasteiger partial charge in [0, 0.05) is 12.5 Å². The third kappa shape index (κ3) is 2.86. The van der Waals surface area contributed by atoms with Crippen LogP contribution in [0.3, 0.4) is 0 Å². The summed E-state index contributed by atoms with van der Waals surface area (Å²) in [4.78, 5) is 30.6. The van der Waals surface area contributed by atoms with E-state index in [0.29, 0.717) is 30.4 Å². The fourth-order valence-corrected chi connectivity index (χ4v) is 3.59. The number of hydrogen-bond acceptors (Lipinski definition) is 5. The molecule has 0 spiro atoms. The third-order valence-electron chi connectivity index (χ3n) is 3.81. The summed E-state index contributed by atoms with van der Waals surface area (Å²) in [6, 6.07) is 1.53. The molecule has 1 N–H and O–H groups in total. The summed E-state index contributed by atoms with van der Waals surface area (Å²) in [5.41, 5.74) is 1.52. The lowest BCUT2D eigenvalue weighted by molar-refractivity contribution is 0.0680.